The van der Waals surface area contributed by atoms with Gasteiger partial charge in [-0.2, -0.15) is 0 Å². The molecule has 0 saturated carbocycles. The smallest absolute Gasteiger partial charge is 0.240 e. The zero-order chi connectivity index (χ0) is 16.0. The molecule has 118 valence electrons. The standard InChI is InChI=1S/C14H23N3O3S/c1-11(2)16-21(19,20)13-7-5-12(6-8-13)15-10-9-14(18)17(3)4/h5-8,11,15-16H,9-10H2,1-4H3. The number of carbonyl (C=O) groups is 1. The lowest BCUT2D eigenvalue weighted by Crippen LogP contribution is -2.30. The van der Waals surface area contributed by atoms with Crippen molar-refractivity contribution in [2.75, 3.05) is 26.0 Å². The maximum Gasteiger partial charge on any atom is 0.240 e. The van der Waals surface area contributed by atoms with Crippen molar-refractivity contribution in [1.82, 2.24) is 9.62 Å². The van der Waals surface area contributed by atoms with Gasteiger partial charge in [0.2, 0.25) is 15.9 Å². The summed E-state index contributed by atoms with van der Waals surface area (Å²) in [5.74, 6) is 0.0443. The molecule has 0 saturated heterocycles. The van der Waals surface area contributed by atoms with E-state index in [0.29, 0.717) is 13.0 Å². The second-order valence-electron chi connectivity index (χ2n) is 5.27. The predicted molar refractivity (Wildman–Crippen MR) is 83.7 cm³/mol. The highest BCUT2D eigenvalue weighted by molar-refractivity contribution is 7.89. The number of hydrogen-bond donors (Lipinski definition) is 2. The Labute approximate surface area is 126 Å². The molecule has 0 radical (unpaired) electrons. The highest BCUT2D eigenvalue weighted by Crippen LogP contribution is 2.14. The third-order valence-electron chi connectivity index (χ3n) is 2.72. The van der Waals surface area contributed by atoms with Crippen molar-refractivity contribution in [3.8, 4) is 0 Å². The van der Waals surface area contributed by atoms with Crippen molar-refractivity contribution < 1.29 is 13.2 Å². The Balaban J connectivity index is 2.61. The Morgan fingerprint density at radius 2 is 1.76 bits per heavy atom. The van der Waals surface area contributed by atoms with Crippen LogP contribution in [0.2, 0.25) is 0 Å². The first kappa shape index (κ1) is 17.5. The summed E-state index contributed by atoms with van der Waals surface area (Å²) < 4.78 is 26.4. The topological polar surface area (TPSA) is 78.5 Å². The van der Waals surface area contributed by atoms with Gasteiger partial charge in [-0.1, -0.05) is 0 Å². The van der Waals surface area contributed by atoms with Crippen molar-refractivity contribution in [3.63, 3.8) is 0 Å². The predicted octanol–water partition coefficient (Wildman–Crippen LogP) is 1.26. The van der Waals surface area contributed by atoms with Crippen LogP contribution in [-0.4, -0.2) is 45.9 Å². The van der Waals surface area contributed by atoms with Crippen molar-refractivity contribution in [2.24, 2.45) is 0 Å². The van der Waals surface area contributed by atoms with Crippen LogP contribution >= 0.6 is 0 Å². The highest BCUT2D eigenvalue weighted by Gasteiger charge is 2.14. The SMILES string of the molecule is CC(C)NS(=O)(=O)c1ccc(NCCC(=O)N(C)C)cc1. The fraction of sp³-hybridized carbons (Fsp3) is 0.500. The molecule has 6 nitrogen and oxygen atoms in total. The highest BCUT2D eigenvalue weighted by atomic mass is 32.2. The minimum atomic E-state index is -3.46. The lowest BCUT2D eigenvalue weighted by atomic mass is 10.3. The van der Waals surface area contributed by atoms with Gasteiger partial charge in [0.15, 0.2) is 0 Å². The van der Waals surface area contributed by atoms with Crippen molar-refractivity contribution in [3.05, 3.63) is 24.3 Å². The van der Waals surface area contributed by atoms with Crippen LogP contribution in [0.15, 0.2) is 29.2 Å². The molecule has 7 heteroatoms. The van der Waals surface area contributed by atoms with E-state index in [1.807, 2.05) is 0 Å². The van der Waals surface area contributed by atoms with Crippen molar-refractivity contribution in [1.29, 1.82) is 0 Å². The van der Waals surface area contributed by atoms with E-state index >= 15 is 0 Å². The van der Waals surface area contributed by atoms with Crippen LogP contribution in [0.5, 0.6) is 0 Å². The molecule has 0 aromatic heterocycles. The second-order valence-corrected chi connectivity index (χ2v) is 6.98. The fourth-order valence-electron chi connectivity index (χ4n) is 1.67. The van der Waals surface area contributed by atoms with E-state index < -0.39 is 10.0 Å². The summed E-state index contributed by atoms with van der Waals surface area (Å²) in [4.78, 5) is 13.2. The second kappa shape index (κ2) is 7.42. The molecular formula is C14H23N3O3S. The summed E-state index contributed by atoms with van der Waals surface area (Å²) >= 11 is 0. The summed E-state index contributed by atoms with van der Waals surface area (Å²) in [7, 11) is -0.0360. The Kier molecular flexibility index (Phi) is 6.17. The van der Waals surface area contributed by atoms with E-state index in [1.54, 1.807) is 52.2 Å². The molecule has 2 N–H and O–H groups in total. The number of carbonyl (C=O) groups excluding carboxylic acids is 1. The summed E-state index contributed by atoms with van der Waals surface area (Å²) in [6.07, 6.45) is 0.391. The van der Waals surface area contributed by atoms with Gasteiger partial charge in [0.25, 0.3) is 0 Å². The van der Waals surface area contributed by atoms with Gasteiger partial charge in [-0.25, -0.2) is 13.1 Å². The molecule has 0 aliphatic heterocycles. The van der Waals surface area contributed by atoms with Crippen LogP contribution in [0.4, 0.5) is 5.69 Å². The largest absolute Gasteiger partial charge is 0.385 e. The van der Waals surface area contributed by atoms with E-state index in [-0.39, 0.29) is 16.8 Å². The molecule has 21 heavy (non-hydrogen) atoms. The molecule has 1 aromatic carbocycles. The lowest BCUT2D eigenvalue weighted by Gasteiger charge is -2.12. The third kappa shape index (κ3) is 5.73. The van der Waals surface area contributed by atoms with Gasteiger partial charge in [0, 0.05) is 38.8 Å². The zero-order valence-corrected chi connectivity index (χ0v) is 13.7. The van der Waals surface area contributed by atoms with Crippen LogP contribution in [-0.2, 0) is 14.8 Å². The van der Waals surface area contributed by atoms with Gasteiger partial charge < -0.3 is 10.2 Å². The number of amides is 1. The number of sulfonamides is 1. The minimum absolute atomic E-state index is 0.0443. The monoisotopic (exact) mass is 313 g/mol. The van der Waals surface area contributed by atoms with Crippen LogP contribution in [0.3, 0.4) is 0 Å². The number of nitrogens with zero attached hydrogens (tertiary/aromatic N) is 1. The lowest BCUT2D eigenvalue weighted by molar-refractivity contribution is -0.128. The maximum absolute atomic E-state index is 12.0. The Bertz CT molecular complexity index is 566. The van der Waals surface area contributed by atoms with Gasteiger partial charge in [0.1, 0.15) is 0 Å². The van der Waals surface area contributed by atoms with Gasteiger partial charge in [-0.3, -0.25) is 4.79 Å². The van der Waals surface area contributed by atoms with Gasteiger partial charge in [0.05, 0.1) is 4.90 Å². The Morgan fingerprint density at radius 3 is 2.24 bits per heavy atom. The van der Waals surface area contributed by atoms with Crippen LogP contribution in [0, 0.1) is 0 Å². The summed E-state index contributed by atoms with van der Waals surface area (Å²) in [6, 6.07) is 6.32. The van der Waals surface area contributed by atoms with Gasteiger partial charge >= 0.3 is 0 Å². The first-order valence-corrected chi connectivity index (χ1v) is 8.27. The number of anilines is 1. The molecule has 1 rings (SSSR count). The average molecular weight is 313 g/mol. The van der Waals surface area contributed by atoms with Crippen LogP contribution in [0.1, 0.15) is 20.3 Å². The minimum Gasteiger partial charge on any atom is -0.385 e. The molecule has 1 aromatic rings. The Morgan fingerprint density at radius 1 is 1.19 bits per heavy atom. The van der Waals surface area contributed by atoms with Crippen LogP contribution < -0.4 is 10.0 Å². The zero-order valence-electron chi connectivity index (χ0n) is 12.9. The summed E-state index contributed by atoms with van der Waals surface area (Å²) in [5, 5.41) is 3.09. The first-order chi connectivity index (χ1) is 9.72. The number of nitrogens with one attached hydrogen (secondary N) is 2. The van der Waals surface area contributed by atoms with E-state index in [1.165, 1.54) is 4.90 Å². The molecule has 0 heterocycles. The fourth-order valence-corrected chi connectivity index (χ4v) is 2.92. The third-order valence-corrected chi connectivity index (χ3v) is 4.40. The molecule has 1 amide bonds. The molecule has 0 fully saturated rings. The van der Waals surface area contributed by atoms with Crippen LogP contribution in [0.25, 0.3) is 0 Å². The molecule has 0 unspecified atom stereocenters. The van der Waals surface area contributed by atoms with Gasteiger partial charge in [-0.05, 0) is 38.1 Å². The van der Waals surface area contributed by atoms with E-state index in [4.69, 9.17) is 0 Å². The number of benzene rings is 1. The molecule has 0 spiro atoms. The van der Waals surface area contributed by atoms with E-state index in [0.717, 1.165) is 5.69 Å². The maximum atomic E-state index is 12.0. The summed E-state index contributed by atoms with van der Waals surface area (Å²) in [5.41, 5.74) is 0.782. The van der Waals surface area contributed by atoms with Crippen molar-refractivity contribution >= 4 is 21.6 Å². The quantitative estimate of drug-likeness (QED) is 0.794. The number of rotatable bonds is 7. The van der Waals surface area contributed by atoms with Crippen molar-refractivity contribution in [2.45, 2.75) is 31.2 Å². The average Bonchev–Trinajstić information content (AvgIpc) is 2.37. The van der Waals surface area contributed by atoms with E-state index in [9.17, 15) is 13.2 Å². The Hall–Kier alpha value is -1.60. The normalized spacial score (nSPS) is 11.5. The number of hydrogen-bond acceptors (Lipinski definition) is 4. The molecule has 0 aliphatic carbocycles. The molecular weight excluding hydrogens is 290 g/mol. The summed E-state index contributed by atoms with van der Waals surface area (Å²) in [6.45, 7) is 4.05. The van der Waals surface area contributed by atoms with E-state index in [2.05, 4.69) is 10.0 Å². The van der Waals surface area contributed by atoms with Gasteiger partial charge in [-0.15, -0.1) is 0 Å². The molecule has 0 atom stereocenters. The molecule has 0 bridgehead atoms. The first-order valence-electron chi connectivity index (χ1n) is 6.79. The molecule has 0 aliphatic rings.